The monoisotopic (exact) mass is 434 g/mol. The zero-order valence-electron chi connectivity index (χ0n) is 15.7. The Morgan fingerprint density at radius 1 is 1.07 bits per heavy atom. The second kappa shape index (κ2) is 8.82. The molecule has 1 atom stereocenters. The first-order valence-corrected chi connectivity index (χ1v) is 10.4. The summed E-state index contributed by atoms with van der Waals surface area (Å²) in [5.74, 6) is 0. The Morgan fingerprint density at radius 2 is 1.64 bits per heavy atom. The maximum Gasteiger partial charge on any atom is 0.406 e. The number of hydrogen-bond donors (Lipinski definition) is 2. The summed E-state index contributed by atoms with van der Waals surface area (Å²) in [5.41, 5.74) is 2.26. The maximum atomic E-state index is 13.4. The van der Waals surface area contributed by atoms with Gasteiger partial charge in [-0.25, -0.2) is 8.42 Å². The Morgan fingerprint density at radius 3 is 2.18 bits per heavy atom. The molecule has 2 rings (SSSR count). The van der Waals surface area contributed by atoms with Gasteiger partial charge in [-0.2, -0.15) is 17.9 Å². The molecule has 0 aliphatic carbocycles. The quantitative estimate of drug-likeness (QED) is 0.684. The molecule has 0 saturated heterocycles. The fraction of sp³-hybridized carbons (Fsp3) is 0.368. The van der Waals surface area contributed by atoms with Crippen molar-refractivity contribution in [2.24, 2.45) is 0 Å². The standard InChI is InChI=1S/C19H22ClF3N2O2S/c1-12-8-13(2)18(14(3)9-12)28(26,27)25-17(19(21,22)23)11-24-10-15-6-4-5-7-16(15)20/h4-9,17,24-25H,10-11H2,1-3H3. The molecule has 0 fully saturated rings. The molecule has 0 bridgehead atoms. The minimum absolute atomic E-state index is 0.0799. The fourth-order valence-electron chi connectivity index (χ4n) is 3.05. The van der Waals surface area contributed by atoms with Crippen molar-refractivity contribution in [2.45, 2.75) is 44.4 Å². The SMILES string of the molecule is Cc1cc(C)c(S(=O)(=O)NC(CNCc2ccccc2Cl)C(F)(F)F)c(C)c1. The Balaban J connectivity index is 2.19. The highest BCUT2D eigenvalue weighted by Gasteiger charge is 2.42. The van der Waals surface area contributed by atoms with Gasteiger partial charge in [-0.1, -0.05) is 47.5 Å². The van der Waals surface area contributed by atoms with Crippen LogP contribution in [-0.4, -0.2) is 27.2 Å². The molecule has 0 heterocycles. The van der Waals surface area contributed by atoms with E-state index >= 15 is 0 Å². The average Bonchev–Trinajstić information content (AvgIpc) is 2.53. The maximum absolute atomic E-state index is 13.4. The summed E-state index contributed by atoms with van der Waals surface area (Å²) in [4.78, 5) is -0.126. The molecule has 2 aromatic rings. The van der Waals surface area contributed by atoms with Gasteiger partial charge in [0.15, 0.2) is 0 Å². The summed E-state index contributed by atoms with van der Waals surface area (Å²) in [6.45, 7) is 4.37. The number of hydrogen-bond acceptors (Lipinski definition) is 3. The van der Waals surface area contributed by atoms with Crippen LogP contribution in [-0.2, 0) is 16.6 Å². The lowest BCUT2D eigenvalue weighted by molar-refractivity contribution is -0.150. The van der Waals surface area contributed by atoms with Crippen LogP contribution in [0.15, 0.2) is 41.3 Å². The van der Waals surface area contributed by atoms with E-state index in [4.69, 9.17) is 11.6 Å². The molecule has 0 spiro atoms. The molecular formula is C19H22ClF3N2O2S. The van der Waals surface area contributed by atoms with E-state index in [9.17, 15) is 21.6 Å². The van der Waals surface area contributed by atoms with E-state index < -0.39 is 28.8 Å². The van der Waals surface area contributed by atoms with E-state index in [0.717, 1.165) is 5.56 Å². The highest BCUT2D eigenvalue weighted by molar-refractivity contribution is 7.89. The van der Waals surface area contributed by atoms with E-state index in [0.29, 0.717) is 21.7 Å². The van der Waals surface area contributed by atoms with Crippen LogP contribution in [0, 0.1) is 20.8 Å². The van der Waals surface area contributed by atoms with Crippen molar-refractivity contribution < 1.29 is 21.6 Å². The molecule has 4 nitrogen and oxygen atoms in total. The zero-order valence-corrected chi connectivity index (χ0v) is 17.3. The van der Waals surface area contributed by atoms with E-state index in [1.54, 1.807) is 61.9 Å². The van der Waals surface area contributed by atoms with Crippen LogP contribution in [0.3, 0.4) is 0 Å². The normalized spacial score (nSPS) is 13.5. The number of halogens is 4. The van der Waals surface area contributed by atoms with Crippen molar-refractivity contribution in [1.29, 1.82) is 0 Å². The van der Waals surface area contributed by atoms with Gasteiger partial charge in [0.2, 0.25) is 10.0 Å². The number of aryl methyl sites for hydroxylation is 3. The van der Waals surface area contributed by atoms with Gasteiger partial charge in [0.1, 0.15) is 6.04 Å². The lowest BCUT2D eigenvalue weighted by atomic mass is 10.1. The van der Waals surface area contributed by atoms with Crippen LogP contribution in [0.4, 0.5) is 13.2 Å². The lowest BCUT2D eigenvalue weighted by Gasteiger charge is -2.23. The average molecular weight is 435 g/mol. The van der Waals surface area contributed by atoms with Gasteiger partial charge in [0.25, 0.3) is 0 Å². The van der Waals surface area contributed by atoms with E-state index in [-0.39, 0.29) is 11.4 Å². The third kappa shape index (κ3) is 5.70. The Bertz CT molecular complexity index is 923. The van der Waals surface area contributed by atoms with Crippen LogP contribution >= 0.6 is 11.6 Å². The van der Waals surface area contributed by atoms with Crippen LogP contribution < -0.4 is 10.0 Å². The molecule has 28 heavy (non-hydrogen) atoms. The Hall–Kier alpha value is -1.61. The first kappa shape index (κ1) is 22.7. The van der Waals surface area contributed by atoms with Crippen LogP contribution in [0.5, 0.6) is 0 Å². The number of alkyl halides is 3. The van der Waals surface area contributed by atoms with E-state index in [1.165, 1.54) is 0 Å². The highest BCUT2D eigenvalue weighted by atomic mass is 35.5. The van der Waals surface area contributed by atoms with Gasteiger partial charge in [-0.15, -0.1) is 0 Å². The molecule has 1 unspecified atom stereocenters. The third-order valence-corrected chi connectivity index (χ3v) is 6.33. The van der Waals surface area contributed by atoms with E-state index in [1.807, 2.05) is 0 Å². The number of benzene rings is 2. The number of nitrogens with one attached hydrogen (secondary N) is 2. The molecule has 0 aromatic heterocycles. The summed E-state index contributed by atoms with van der Waals surface area (Å²) in [6.07, 6.45) is -4.76. The van der Waals surface area contributed by atoms with Gasteiger partial charge in [0.05, 0.1) is 4.90 Å². The minimum atomic E-state index is -4.76. The lowest BCUT2D eigenvalue weighted by Crippen LogP contribution is -2.51. The predicted octanol–water partition coefficient (Wildman–Crippen LogP) is 4.26. The third-order valence-electron chi connectivity index (χ3n) is 4.19. The van der Waals surface area contributed by atoms with Gasteiger partial charge in [0, 0.05) is 18.1 Å². The minimum Gasteiger partial charge on any atom is -0.311 e. The number of sulfonamides is 1. The van der Waals surface area contributed by atoms with Crippen molar-refractivity contribution in [3.63, 3.8) is 0 Å². The molecule has 154 valence electrons. The molecule has 9 heteroatoms. The molecule has 0 aliphatic rings. The second-order valence-corrected chi connectivity index (χ2v) is 8.72. The van der Waals surface area contributed by atoms with Crippen LogP contribution in [0.1, 0.15) is 22.3 Å². The largest absolute Gasteiger partial charge is 0.406 e. The summed E-state index contributed by atoms with van der Waals surface area (Å²) in [6, 6.07) is 7.72. The summed E-state index contributed by atoms with van der Waals surface area (Å²) < 4.78 is 67.5. The molecule has 0 amide bonds. The molecule has 0 radical (unpaired) electrons. The second-order valence-electron chi connectivity index (χ2n) is 6.67. The summed E-state index contributed by atoms with van der Waals surface area (Å²) in [7, 11) is -4.36. The molecule has 2 N–H and O–H groups in total. The molecule has 2 aromatic carbocycles. The fourth-order valence-corrected chi connectivity index (χ4v) is 4.93. The topological polar surface area (TPSA) is 58.2 Å². The van der Waals surface area contributed by atoms with Crippen molar-refractivity contribution in [2.75, 3.05) is 6.54 Å². The first-order valence-electron chi connectivity index (χ1n) is 8.53. The van der Waals surface area contributed by atoms with Crippen LogP contribution in [0.2, 0.25) is 5.02 Å². The van der Waals surface area contributed by atoms with Gasteiger partial charge in [-0.3, -0.25) is 0 Å². The predicted molar refractivity (Wildman–Crippen MR) is 104 cm³/mol. The van der Waals surface area contributed by atoms with Crippen molar-refractivity contribution in [1.82, 2.24) is 10.0 Å². The van der Waals surface area contributed by atoms with Crippen molar-refractivity contribution >= 4 is 21.6 Å². The highest BCUT2D eigenvalue weighted by Crippen LogP contribution is 2.26. The van der Waals surface area contributed by atoms with E-state index in [2.05, 4.69) is 5.32 Å². The van der Waals surface area contributed by atoms with Gasteiger partial charge >= 0.3 is 6.18 Å². The Kier molecular flexibility index (Phi) is 7.14. The van der Waals surface area contributed by atoms with Crippen molar-refractivity contribution in [3.8, 4) is 0 Å². The zero-order chi connectivity index (χ0) is 21.1. The smallest absolute Gasteiger partial charge is 0.311 e. The first-order chi connectivity index (χ1) is 12.9. The summed E-state index contributed by atoms with van der Waals surface area (Å²) in [5, 5.41) is 3.05. The molecule has 0 aliphatic heterocycles. The molecular weight excluding hydrogens is 413 g/mol. The van der Waals surface area contributed by atoms with Crippen molar-refractivity contribution in [3.05, 3.63) is 63.7 Å². The molecule has 0 saturated carbocycles. The summed E-state index contributed by atoms with van der Waals surface area (Å²) >= 11 is 5.99. The number of rotatable bonds is 7. The van der Waals surface area contributed by atoms with Gasteiger partial charge in [-0.05, 0) is 43.5 Å². The Labute approximate surface area is 168 Å². The van der Waals surface area contributed by atoms with Crippen LogP contribution in [0.25, 0.3) is 0 Å². The van der Waals surface area contributed by atoms with Gasteiger partial charge < -0.3 is 5.32 Å².